The van der Waals surface area contributed by atoms with Crippen LogP contribution in [0.4, 0.5) is 0 Å². The average Bonchev–Trinajstić information content (AvgIpc) is 2.66. The van der Waals surface area contributed by atoms with Crippen LogP contribution in [0.25, 0.3) is 0 Å². The molecular weight excluding hydrogens is 360 g/mol. The third-order valence-corrected chi connectivity index (χ3v) is 6.24. The Labute approximate surface area is 155 Å². The molecule has 0 amide bonds. The lowest BCUT2D eigenvalue weighted by Crippen LogP contribution is -2.48. The molecule has 0 unspecified atom stereocenters. The summed E-state index contributed by atoms with van der Waals surface area (Å²) in [4.78, 5) is 1.80. The number of hydrogen-bond donors (Lipinski definition) is 5. The van der Waals surface area contributed by atoms with E-state index in [1.54, 1.807) is 0 Å². The van der Waals surface area contributed by atoms with Gasteiger partial charge < -0.3 is 25.5 Å². The first-order chi connectivity index (χ1) is 12.0. The third-order valence-electron chi connectivity index (χ3n) is 3.55. The molecule has 0 aromatic heterocycles. The topological polar surface area (TPSA) is 101 Å². The summed E-state index contributed by atoms with van der Waals surface area (Å²) in [6.07, 6.45) is -6.09. The summed E-state index contributed by atoms with van der Waals surface area (Å²) in [6, 6.07) is 18.8. The SMILES string of the molecule is OC[C@@H](O)[C@@H](O)[C@H](O)[C@H](O)C(Sc1ccccc1)Sc1ccccc1. The van der Waals surface area contributed by atoms with Gasteiger partial charge in [-0.3, -0.25) is 0 Å². The van der Waals surface area contributed by atoms with Crippen molar-refractivity contribution in [1.82, 2.24) is 0 Å². The van der Waals surface area contributed by atoms with Gasteiger partial charge in [-0.05, 0) is 24.3 Å². The highest BCUT2D eigenvalue weighted by molar-refractivity contribution is 8.17. The van der Waals surface area contributed by atoms with Gasteiger partial charge in [-0.2, -0.15) is 0 Å². The van der Waals surface area contributed by atoms with Gasteiger partial charge >= 0.3 is 0 Å². The first-order valence-corrected chi connectivity index (χ1v) is 9.55. The van der Waals surface area contributed by atoms with Crippen molar-refractivity contribution in [1.29, 1.82) is 0 Å². The Morgan fingerprint density at radius 1 is 0.640 bits per heavy atom. The van der Waals surface area contributed by atoms with Crippen LogP contribution in [0.5, 0.6) is 0 Å². The second-order valence-corrected chi connectivity index (χ2v) is 8.18. The van der Waals surface area contributed by atoms with Gasteiger partial charge in [-0.25, -0.2) is 0 Å². The average molecular weight is 383 g/mol. The number of thioether (sulfide) groups is 2. The first-order valence-electron chi connectivity index (χ1n) is 7.79. The van der Waals surface area contributed by atoms with Crippen LogP contribution in [-0.2, 0) is 0 Å². The Kier molecular flexibility index (Phi) is 8.25. The highest BCUT2D eigenvalue weighted by atomic mass is 32.2. The molecule has 0 aliphatic carbocycles. The van der Waals surface area contributed by atoms with Gasteiger partial charge in [0.1, 0.15) is 24.4 Å². The normalized spacial score (nSPS) is 16.4. The molecule has 0 spiro atoms. The van der Waals surface area contributed by atoms with Gasteiger partial charge in [0, 0.05) is 9.79 Å². The van der Waals surface area contributed by atoms with Crippen molar-refractivity contribution in [3.8, 4) is 0 Å². The lowest BCUT2D eigenvalue weighted by molar-refractivity contribution is -0.111. The Morgan fingerprint density at radius 3 is 1.48 bits per heavy atom. The van der Waals surface area contributed by atoms with Crippen LogP contribution in [0.2, 0.25) is 0 Å². The highest BCUT2D eigenvalue weighted by Crippen LogP contribution is 2.38. The van der Waals surface area contributed by atoms with Crippen LogP contribution < -0.4 is 0 Å². The smallest absolute Gasteiger partial charge is 0.111 e. The second kappa shape index (κ2) is 10.2. The van der Waals surface area contributed by atoms with Crippen molar-refractivity contribution < 1.29 is 25.5 Å². The van der Waals surface area contributed by atoms with Crippen molar-refractivity contribution in [2.45, 2.75) is 38.8 Å². The fraction of sp³-hybridized carbons (Fsp3) is 0.333. The summed E-state index contributed by atoms with van der Waals surface area (Å²) < 4.78 is -0.527. The van der Waals surface area contributed by atoms with E-state index >= 15 is 0 Å². The lowest BCUT2D eigenvalue weighted by atomic mass is 10.0. The van der Waals surface area contributed by atoms with Gasteiger partial charge in [-0.15, -0.1) is 23.5 Å². The van der Waals surface area contributed by atoms with Crippen LogP contribution >= 0.6 is 23.5 Å². The molecule has 0 heterocycles. The number of aliphatic hydroxyl groups excluding tert-OH is 5. The molecule has 0 radical (unpaired) electrons. The Hall–Kier alpha value is -1.06. The van der Waals surface area contributed by atoms with Crippen molar-refractivity contribution in [2.75, 3.05) is 6.61 Å². The minimum Gasteiger partial charge on any atom is -0.394 e. The molecule has 0 aliphatic heterocycles. The van der Waals surface area contributed by atoms with E-state index in [-0.39, 0.29) is 0 Å². The van der Waals surface area contributed by atoms with E-state index in [1.807, 2.05) is 60.7 Å². The summed E-state index contributed by atoms with van der Waals surface area (Å²) >= 11 is 2.71. The fourth-order valence-electron chi connectivity index (χ4n) is 2.13. The Balaban J connectivity index is 2.17. The minimum atomic E-state index is -1.64. The van der Waals surface area contributed by atoms with Gasteiger partial charge in [0.25, 0.3) is 0 Å². The Morgan fingerprint density at radius 2 is 1.08 bits per heavy atom. The standard InChI is InChI=1S/C18H22O5S2/c19-11-14(20)15(21)16(22)17(23)18(24-12-7-3-1-4-8-12)25-13-9-5-2-6-10-13/h1-10,14-23H,11H2/t14-,15-,16+,17+/m1/s1. The summed E-state index contributed by atoms with van der Waals surface area (Å²) in [6.45, 7) is -0.701. The number of aliphatic hydroxyl groups is 5. The number of rotatable bonds is 9. The van der Waals surface area contributed by atoms with Crippen molar-refractivity contribution in [2.24, 2.45) is 0 Å². The predicted octanol–water partition coefficient (Wildman–Crippen LogP) is 1.33. The molecule has 2 rings (SSSR count). The molecule has 136 valence electrons. The molecule has 0 fully saturated rings. The summed E-state index contributed by atoms with van der Waals surface area (Å²) in [7, 11) is 0. The fourth-order valence-corrected chi connectivity index (χ4v) is 4.75. The van der Waals surface area contributed by atoms with E-state index in [1.165, 1.54) is 23.5 Å². The highest BCUT2D eigenvalue weighted by Gasteiger charge is 2.35. The van der Waals surface area contributed by atoms with Crippen molar-refractivity contribution >= 4 is 23.5 Å². The molecule has 4 atom stereocenters. The quantitative estimate of drug-likeness (QED) is 0.329. The maximum atomic E-state index is 10.6. The Bertz CT molecular complexity index is 572. The van der Waals surface area contributed by atoms with Crippen molar-refractivity contribution in [3.05, 3.63) is 60.7 Å². The zero-order valence-electron chi connectivity index (χ0n) is 13.4. The van der Waals surface area contributed by atoms with Gasteiger partial charge in [0.2, 0.25) is 0 Å². The van der Waals surface area contributed by atoms with E-state index in [0.29, 0.717) is 0 Å². The number of hydrogen-bond acceptors (Lipinski definition) is 7. The van der Waals surface area contributed by atoms with Gasteiger partial charge in [0.15, 0.2) is 0 Å². The van der Waals surface area contributed by atoms with Gasteiger partial charge in [0.05, 0.1) is 11.2 Å². The monoisotopic (exact) mass is 382 g/mol. The predicted molar refractivity (Wildman–Crippen MR) is 99.5 cm³/mol. The molecule has 0 saturated heterocycles. The molecule has 2 aromatic rings. The van der Waals surface area contributed by atoms with Crippen LogP contribution in [-0.4, -0.2) is 61.1 Å². The van der Waals surface area contributed by atoms with Gasteiger partial charge in [-0.1, -0.05) is 36.4 Å². The summed E-state index contributed by atoms with van der Waals surface area (Å²) in [5, 5.41) is 49.1. The summed E-state index contributed by atoms with van der Waals surface area (Å²) in [5.41, 5.74) is 0. The zero-order chi connectivity index (χ0) is 18.2. The first kappa shape index (κ1) is 20.3. The van der Waals surface area contributed by atoms with E-state index in [9.17, 15) is 20.4 Å². The molecular formula is C18H22O5S2. The van der Waals surface area contributed by atoms with Crippen LogP contribution in [0, 0.1) is 0 Å². The molecule has 7 heteroatoms. The molecule has 5 nitrogen and oxygen atoms in total. The largest absolute Gasteiger partial charge is 0.394 e. The molecule has 25 heavy (non-hydrogen) atoms. The molecule has 2 aromatic carbocycles. The third kappa shape index (κ3) is 6.00. The van der Waals surface area contributed by atoms with E-state index in [2.05, 4.69) is 0 Å². The summed E-state index contributed by atoms with van der Waals surface area (Å²) in [5.74, 6) is 0. The van der Waals surface area contributed by atoms with Crippen LogP contribution in [0.3, 0.4) is 0 Å². The second-order valence-electron chi connectivity index (χ2n) is 5.45. The van der Waals surface area contributed by atoms with E-state index in [4.69, 9.17) is 5.11 Å². The maximum Gasteiger partial charge on any atom is 0.111 e. The zero-order valence-corrected chi connectivity index (χ0v) is 15.1. The lowest BCUT2D eigenvalue weighted by Gasteiger charge is -2.30. The van der Waals surface area contributed by atoms with E-state index < -0.39 is 35.6 Å². The van der Waals surface area contributed by atoms with Crippen LogP contribution in [0.1, 0.15) is 0 Å². The molecule has 0 aliphatic rings. The van der Waals surface area contributed by atoms with E-state index in [0.717, 1.165) is 9.79 Å². The minimum absolute atomic E-state index is 0.527. The molecule has 0 bridgehead atoms. The molecule has 0 saturated carbocycles. The number of benzene rings is 2. The van der Waals surface area contributed by atoms with Crippen LogP contribution in [0.15, 0.2) is 70.5 Å². The van der Waals surface area contributed by atoms with Crippen molar-refractivity contribution in [3.63, 3.8) is 0 Å². The molecule has 5 N–H and O–H groups in total. The maximum absolute atomic E-state index is 10.6.